The molecule has 0 fully saturated rings. The second-order valence-electron chi connectivity index (χ2n) is 10.1. The van der Waals surface area contributed by atoms with Crippen LogP contribution in [0.2, 0.25) is 0 Å². The monoisotopic (exact) mass is 424 g/mol. The third-order valence-electron chi connectivity index (χ3n) is 5.24. The summed E-state index contributed by atoms with van der Waals surface area (Å²) < 4.78 is 6.33. The van der Waals surface area contributed by atoms with Crippen molar-refractivity contribution in [1.82, 2.24) is 0 Å². The van der Waals surface area contributed by atoms with Gasteiger partial charge in [-0.1, -0.05) is 67.0 Å². The van der Waals surface area contributed by atoms with Crippen molar-refractivity contribution in [2.45, 2.75) is 72.1 Å². The van der Waals surface area contributed by atoms with Crippen LogP contribution >= 0.6 is 0 Å². The van der Waals surface area contributed by atoms with E-state index in [1.807, 2.05) is 6.07 Å². The number of phenolic OH excluding ortho intramolecular Hbond substituents is 1. The molecule has 0 unspecified atom stereocenters. The molecule has 4 heteroatoms. The van der Waals surface area contributed by atoms with E-state index in [0.717, 1.165) is 41.4 Å². The van der Waals surface area contributed by atoms with E-state index in [4.69, 9.17) is 9.84 Å². The van der Waals surface area contributed by atoms with Gasteiger partial charge in [-0.15, -0.1) is 0 Å². The van der Waals surface area contributed by atoms with E-state index in [1.165, 1.54) is 6.08 Å². The van der Waals surface area contributed by atoms with Crippen LogP contribution in [0.3, 0.4) is 0 Å². The van der Waals surface area contributed by atoms with Crippen LogP contribution in [0.15, 0.2) is 36.4 Å². The SMILES string of the molecule is CCCCOc1c(-c2cc(/C=C/C(=O)O)ccc2O)cc(C(C)(C)C)cc1C(C)(C)C. The molecule has 0 amide bonds. The Hall–Kier alpha value is -2.75. The van der Waals surface area contributed by atoms with Gasteiger partial charge < -0.3 is 14.9 Å². The van der Waals surface area contributed by atoms with Crippen molar-refractivity contribution in [3.63, 3.8) is 0 Å². The quantitative estimate of drug-likeness (QED) is 0.373. The molecule has 2 N–H and O–H groups in total. The number of aliphatic carboxylic acids is 1. The zero-order valence-electron chi connectivity index (χ0n) is 19.9. The predicted octanol–water partition coefficient (Wildman–Crippen LogP) is 6.93. The fraction of sp³-hybridized carbons (Fsp3) is 0.444. The maximum atomic E-state index is 10.9. The van der Waals surface area contributed by atoms with Gasteiger partial charge in [0, 0.05) is 22.8 Å². The highest BCUT2D eigenvalue weighted by atomic mass is 16.5. The zero-order chi connectivity index (χ0) is 23.4. The highest BCUT2D eigenvalue weighted by Gasteiger charge is 2.27. The topological polar surface area (TPSA) is 66.8 Å². The molecule has 0 radical (unpaired) electrons. The second kappa shape index (κ2) is 9.59. The number of benzene rings is 2. The maximum absolute atomic E-state index is 10.9. The first kappa shape index (κ1) is 24.5. The minimum atomic E-state index is -1.01. The first-order valence-corrected chi connectivity index (χ1v) is 10.9. The lowest BCUT2D eigenvalue weighted by Gasteiger charge is -2.29. The standard InChI is InChI=1S/C27H36O4/c1-8-9-14-31-25-21(16-19(26(2,3)4)17-22(25)27(5,6)7)20-15-18(10-12-23(20)28)11-13-24(29)30/h10-13,15-17,28H,8-9,14H2,1-7H3,(H,29,30)/b13-11+. The van der Waals surface area contributed by atoms with Crippen LogP contribution in [0.5, 0.6) is 11.5 Å². The molecule has 0 aliphatic rings. The molecule has 0 aromatic heterocycles. The number of phenols is 1. The Morgan fingerprint density at radius 2 is 1.68 bits per heavy atom. The Bertz CT molecular complexity index is 956. The highest BCUT2D eigenvalue weighted by Crippen LogP contribution is 2.45. The van der Waals surface area contributed by atoms with E-state index in [-0.39, 0.29) is 16.6 Å². The van der Waals surface area contributed by atoms with Gasteiger partial charge in [-0.25, -0.2) is 4.79 Å². The number of hydrogen-bond acceptors (Lipinski definition) is 3. The molecule has 0 saturated carbocycles. The molecule has 0 aliphatic heterocycles. The summed E-state index contributed by atoms with van der Waals surface area (Å²) >= 11 is 0. The summed E-state index contributed by atoms with van der Waals surface area (Å²) in [5.74, 6) is -0.0923. The highest BCUT2D eigenvalue weighted by molar-refractivity contribution is 5.86. The lowest BCUT2D eigenvalue weighted by atomic mass is 9.78. The van der Waals surface area contributed by atoms with E-state index in [2.05, 4.69) is 60.6 Å². The van der Waals surface area contributed by atoms with Gasteiger partial charge in [0.25, 0.3) is 0 Å². The van der Waals surface area contributed by atoms with Crippen LogP contribution in [0, 0.1) is 0 Å². The van der Waals surface area contributed by atoms with Crippen molar-refractivity contribution in [1.29, 1.82) is 0 Å². The van der Waals surface area contributed by atoms with Crippen LogP contribution in [0.4, 0.5) is 0 Å². The predicted molar refractivity (Wildman–Crippen MR) is 128 cm³/mol. The Morgan fingerprint density at radius 3 is 2.23 bits per heavy atom. The number of aromatic hydroxyl groups is 1. The van der Waals surface area contributed by atoms with Crippen molar-refractivity contribution in [3.8, 4) is 22.6 Å². The summed E-state index contributed by atoms with van der Waals surface area (Å²) in [6.07, 6.45) is 4.60. The third kappa shape index (κ3) is 6.36. The average molecular weight is 425 g/mol. The van der Waals surface area contributed by atoms with E-state index in [1.54, 1.807) is 12.1 Å². The summed E-state index contributed by atoms with van der Waals surface area (Å²) in [7, 11) is 0. The molecule has 31 heavy (non-hydrogen) atoms. The van der Waals surface area contributed by atoms with Crippen LogP contribution in [-0.4, -0.2) is 22.8 Å². The first-order chi connectivity index (χ1) is 14.3. The molecule has 0 heterocycles. The van der Waals surface area contributed by atoms with E-state index >= 15 is 0 Å². The number of rotatable bonds is 7. The van der Waals surface area contributed by atoms with Gasteiger partial charge in [-0.3, -0.25) is 0 Å². The molecule has 4 nitrogen and oxygen atoms in total. The van der Waals surface area contributed by atoms with Crippen molar-refractivity contribution in [2.75, 3.05) is 6.61 Å². The van der Waals surface area contributed by atoms with Gasteiger partial charge in [-0.05, 0) is 52.7 Å². The largest absolute Gasteiger partial charge is 0.507 e. The number of carbonyl (C=O) groups is 1. The lowest BCUT2D eigenvalue weighted by Crippen LogP contribution is -2.19. The molecule has 2 aromatic carbocycles. The molecular weight excluding hydrogens is 388 g/mol. The minimum absolute atomic E-state index is 0.0901. The van der Waals surface area contributed by atoms with Crippen LogP contribution < -0.4 is 4.74 Å². The molecule has 2 aromatic rings. The van der Waals surface area contributed by atoms with Gasteiger partial charge >= 0.3 is 5.97 Å². The van der Waals surface area contributed by atoms with Gasteiger partial charge in [0.15, 0.2) is 0 Å². The van der Waals surface area contributed by atoms with Gasteiger partial charge in [0.05, 0.1) is 6.61 Å². The molecule has 0 spiro atoms. The lowest BCUT2D eigenvalue weighted by molar-refractivity contribution is -0.131. The Morgan fingerprint density at radius 1 is 1.00 bits per heavy atom. The van der Waals surface area contributed by atoms with E-state index in [0.29, 0.717) is 17.7 Å². The van der Waals surface area contributed by atoms with Crippen molar-refractivity contribution in [2.24, 2.45) is 0 Å². The van der Waals surface area contributed by atoms with Crippen molar-refractivity contribution < 1.29 is 19.7 Å². The minimum Gasteiger partial charge on any atom is -0.507 e. The first-order valence-electron chi connectivity index (χ1n) is 10.9. The number of hydrogen-bond donors (Lipinski definition) is 2. The normalized spacial score (nSPS) is 12.4. The average Bonchev–Trinajstić information content (AvgIpc) is 2.65. The van der Waals surface area contributed by atoms with E-state index in [9.17, 15) is 9.90 Å². The summed E-state index contributed by atoms with van der Waals surface area (Å²) in [6.45, 7) is 15.7. The fourth-order valence-electron chi connectivity index (χ4n) is 3.33. The van der Waals surface area contributed by atoms with Crippen LogP contribution in [0.1, 0.15) is 78.0 Å². The second-order valence-corrected chi connectivity index (χ2v) is 10.1. The summed E-state index contributed by atoms with van der Waals surface area (Å²) in [5.41, 5.74) is 4.17. The summed E-state index contributed by atoms with van der Waals surface area (Å²) in [6, 6.07) is 9.43. The smallest absolute Gasteiger partial charge is 0.328 e. The van der Waals surface area contributed by atoms with Crippen LogP contribution in [0.25, 0.3) is 17.2 Å². The number of carboxylic acids is 1. The Labute approximate surface area is 186 Å². The summed E-state index contributed by atoms with van der Waals surface area (Å²) in [5, 5.41) is 19.7. The molecule has 0 aliphatic carbocycles. The molecule has 168 valence electrons. The molecule has 0 saturated heterocycles. The van der Waals surface area contributed by atoms with Gasteiger partial charge in [-0.2, -0.15) is 0 Å². The number of ether oxygens (including phenoxy) is 1. The molecule has 0 atom stereocenters. The van der Waals surface area contributed by atoms with Crippen LogP contribution in [-0.2, 0) is 15.6 Å². The zero-order valence-corrected chi connectivity index (χ0v) is 19.9. The Kier molecular flexibility index (Phi) is 7.58. The summed E-state index contributed by atoms with van der Waals surface area (Å²) in [4.78, 5) is 10.9. The maximum Gasteiger partial charge on any atom is 0.328 e. The van der Waals surface area contributed by atoms with Gasteiger partial charge in [0.1, 0.15) is 11.5 Å². The van der Waals surface area contributed by atoms with Crippen molar-refractivity contribution in [3.05, 3.63) is 53.1 Å². The molecular formula is C27H36O4. The van der Waals surface area contributed by atoms with Gasteiger partial charge in [0.2, 0.25) is 0 Å². The number of carboxylic acid groups (broad SMARTS) is 1. The fourth-order valence-corrected chi connectivity index (χ4v) is 3.33. The number of unbranched alkanes of at least 4 members (excludes halogenated alkanes) is 1. The molecule has 0 bridgehead atoms. The third-order valence-corrected chi connectivity index (χ3v) is 5.24. The molecule has 2 rings (SSSR count). The van der Waals surface area contributed by atoms with Crippen molar-refractivity contribution >= 4 is 12.0 Å². The Balaban J connectivity index is 2.82. The van der Waals surface area contributed by atoms with E-state index < -0.39 is 5.97 Å².